The maximum Gasteiger partial charge on any atom is 0.312 e. The summed E-state index contributed by atoms with van der Waals surface area (Å²) in [4.78, 5) is 10.4. The van der Waals surface area contributed by atoms with Crippen molar-refractivity contribution >= 4 is 15.5 Å². The molecule has 1 aromatic carbocycles. The van der Waals surface area contributed by atoms with Gasteiger partial charge in [0.05, 0.1) is 15.9 Å². The number of benzene rings is 1. The first-order valence-electron chi connectivity index (χ1n) is 6.61. The predicted octanol–water partition coefficient (Wildman–Crippen LogP) is 1.38. The number of hydrogen-bond acceptors (Lipinski definition) is 6. The third kappa shape index (κ3) is 3.70. The van der Waals surface area contributed by atoms with E-state index in [-0.39, 0.29) is 22.4 Å². The van der Waals surface area contributed by atoms with Crippen LogP contribution in [0.15, 0.2) is 23.1 Å². The zero-order valence-corrected chi connectivity index (χ0v) is 12.7. The van der Waals surface area contributed by atoms with Crippen molar-refractivity contribution in [2.45, 2.75) is 23.8 Å². The molecule has 0 amide bonds. The minimum absolute atomic E-state index is 0.0499. The molecule has 7 nitrogen and oxygen atoms in total. The molecule has 0 atom stereocenters. The zero-order valence-electron chi connectivity index (χ0n) is 11.9. The summed E-state index contributed by atoms with van der Waals surface area (Å²) < 4.78 is 28.5. The van der Waals surface area contributed by atoms with Crippen LogP contribution in [-0.2, 0) is 9.84 Å². The molecule has 0 radical (unpaired) electrons. The Morgan fingerprint density at radius 3 is 2.62 bits per heavy atom. The van der Waals surface area contributed by atoms with E-state index in [1.165, 1.54) is 12.1 Å². The van der Waals surface area contributed by atoms with Crippen LogP contribution in [0.2, 0.25) is 0 Å². The van der Waals surface area contributed by atoms with Crippen LogP contribution in [0.3, 0.4) is 0 Å². The van der Waals surface area contributed by atoms with E-state index in [9.17, 15) is 18.5 Å². The fourth-order valence-corrected chi connectivity index (χ4v) is 3.02. The highest BCUT2D eigenvalue weighted by Crippen LogP contribution is 2.36. The first-order chi connectivity index (χ1) is 9.81. The summed E-state index contributed by atoms with van der Waals surface area (Å²) >= 11 is 0. The summed E-state index contributed by atoms with van der Waals surface area (Å²) in [6, 6.07) is 3.75. The van der Waals surface area contributed by atoms with Crippen LogP contribution in [0.5, 0.6) is 5.75 Å². The lowest BCUT2D eigenvalue weighted by Crippen LogP contribution is -2.38. The first-order valence-corrected chi connectivity index (χ1v) is 8.50. The minimum atomic E-state index is -3.48. The van der Waals surface area contributed by atoms with E-state index in [1.807, 2.05) is 7.05 Å². The molecule has 0 unspecified atom stereocenters. The van der Waals surface area contributed by atoms with E-state index < -0.39 is 14.8 Å². The average Bonchev–Trinajstić information content (AvgIpc) is 2.35. The van der Waals surface area contributed by atoms with Crippen molar-refractivity contribution < 1.29 is 18.1 Å². The second-order valence-corrected chi connectivity index (χ2v) is 7.31. The number of nitrogens with zero attached hydrogens (tertiary/aromatic N) is 1. The molecule has 1 aliphatic carbocycles. The Balaban J connectivity index is 2.15. The van der Waals surface area contributed by atoms with Crippen molar-refractivity contribution in [3.8, 4) is 5.75 Å². The predicted molar refractivity (Wildman–Crippen MR) is 77.3 cm³/mol. The van der Waals surface area contributed by atoms with Crippen LogP contribution in [-0.4, -0.2) is 39.3 Å². The quantitative estimate of drug-likeness (QED) is 0.629. The monoisotopic (exact) mass is 314 g/mol. The Kier molecular flexibility index (Phi) is 4.48. The number of nitro groups is 1. The fraction of sp³-hybridized carbons (Fsp3) is 0.538. The van der Waals surface area contributed by atoms with Crippen LogP contribution in [0.25, 0.3) is 0 Å². The maximum absolute atomic E-state index is 11.5. The molecule has 0 aliphatic heterocycles. The van der Waals surface area contributed by atoms with Crippen molar-refractivity contribution in [3.05, 3.63) is 28.3 Å². The molecular formula is C13H18N2O5S. The van der Waals surface area contributed by atoms with Crippen molar-refractivity contribution in [1.29, 1.82) is 0 Å². The Hall–Kier alpha value is -1.67. The Morgan fingerprint density at radius 2 is 2.10 bits per heavy atom. The van der Waals surface area contributed by atoms with Crippen molar-refractivity contribution in [2.24, 2.45) is 5.92 Å². The molecule has 1 aromatic rings. The van der Waals surface area contributed by atoms with Gasteiger partial charge in [-0.05, 0) is 44.5 Å². The number of nitro benzene ring substituents is 1. The van der Waals surface area contributed by atoms with Crippen LogP contribution in [0, 0.1) is 16.0 Å². The second-order valence-electron chi connectivity index (χ2n) is 5.29. The van der Waals surface area contributed by atoms with E-state index in [1.54, 1.807) is 0 Å². The third-order valence-electron chi connectivity index (χ3n) is 3.53. The van der Waals surface area contributed by atoms with E-state index >= 15 is 0 Å². The van der Waals surface area contributed by atoms with Gasteiger partial charge in [-0.15, -0.1) is 0 Å². The molecule has 1 aliphatic rings. The number of rotatable bonds is 6. The van der Waals surface area contributed by atoms with Gasteiger partial charge in [0.2, 0.25) is 0 Å². The molecule has 0 bridgehead atoms. The summed E-state index contributed by atoms with van der Waals surface area (Å²) in [5, 5.41) is 14.2. The highest BCUT2D eigenvalue weighted by molar-refractivity contribution is 7.90. The van der Waals surface area contributed by atoms with Gasteiger partial charge in [-0.1, -0.05) is 0 Å². The summed E-state index contributed by atoms with van der Waals surface area (Å²) in [5.74, 6) is 0.648. The van der Waals surface area contributed by atoms with Crippen molar-refractivity contribution in [3.63, 3.8) is 0 Å². The van der Waals surface area contributed by atoms with E-state index in [4.69, 9.17) is 4.74 Å². The van der Waals surface area contributed by atoms with Crippen molar-refractivity contribution in [2.75, 3.05) is 19.8 Å². The van der Waals surface area contributed by atoms with Gasteiger partial charge in [0, 0.05) is 12.3 Å². The summed E-state index contributed by atoms with van der Waals surface area (Å²) in [5.41, 5.74) is -0.310. The Labute approximate surface area is 123 Å². The van der Waals surface area contributed by atoms with Gasteiger partial charge in [-0.2, -0.15) is 0 Å². The van der Waals surface area contributed by atoms with Crippen LogP contribution < -0.4 is 10.1 Å². The standard InChI is InChI=1S/C13H18N2O5S/c1-14-8-9-5-10(6-9)20-13-4-3-11(21(2,18)19)7-12(13)15(16)17/h3-4,7,9-10,14H,5-6,8H2,1-2H3. The van der Waals surface area contributed by atoms with Crippen LogP contribution in [0.1, 0.15) is 12.8 Å². The van der Waals surface area contributed by atoms with Gasteiger partial charge >= 0.3 is 5.69 Å². The lowest BCUT2D eigenvalue weighted by molar-refractivity contribution is -0.386. The smallest absolute Gasteiger partial charge is 0.312 e. The van der Waals surface area contributed by atoms with Gasteiger partial charge in [0.15, 0.2) is 15.6 Å². The van der Waals surface area contributed by atoms with E-state index in [0.29, 0.717) is 5.92 Å². The molecule has 2 rings (SSSR count). The van der Waals surface area contributed by atoms with E-state index in [0.717, 1.165) is 31.7 Å². The largest absolute Gasteiger partial charge is 0.483 e. The number of ether oxygens (including phenoxy) is 1. The number of nitrogens with one attached hydrogen (secondary N) is 1. The van der Waals surface area contributed by atoms with Crippen LogP contribution >= 0.6 is 0 Å². The van der Waals surface area contributed by atoms with E-state index in [2.05, 4.69) is 5.32 Å². The molecule has 1 saturated carbocycles. The van der Waals surface area contributed by atoms with Gasteiger partial charge in [-0.25, -0.2) is 8.42 Å². The summed E-state index contributed by atoms with van der Waals surface area (Å²) in [7, 11) is -1.60. The first kappa shape index (κ1) is 15.7. The maximum atomic E-state index is 11.5. The molecule has 0 saturated heterocycles. The van der Waals surface area contributed by atoms with Gasteiger partial charge in [0.25, 0.3) is 0 Å². The zero-order chi connectivity index (χ0) is 15.6. The summed E-state index contributed by atoms with van der Waals surface area (Å²) in [6.45, 7) is 0.898. The molecule has 116 valence electrons. The van der Waals surface area contributed by atoms with Gasteiger partial charge in [0.1, 0.15) is 0 Å². The number of sulfone groups is 1. The topological polar surface area (TPSA) is 98.5 Å². The molecule has 21 heavy (non-hydrogen) atoms. The van der Waals surface area contributed by atoms with Gasteiger partial charge < -0.3 is 10.1 Å². The van der Waals surface area contributed by atoms with Crippen molar-refractivity contribution in [1.82, 2.24) is 5.32 Å². The lowest BCUT2D eigenvalue weighted by atomic mass is 9.82. The Bertz CT molecular complexity index is 638. The fourth-order valence-electron chi connectivity index (χ4n) is 2.38. The van der Waals surface area contributed by atoms with Gasteiger partial charge in [-0.3, -0.25) is 10.1 Å². The lowest BCUT2D eigenvalue weighted by Gasteiger charge is -2.35. The second kappa shape index (κ2) is 5.98. The number of hydrogen-bond donors (Lipinski definition) is 1. The third-order valence-corrected chi connectivity index (χ3v) is 4.64. The molecule has 0 spiro atoms. The summed E-state index contributed by atoms with van der Waals surface area (Å²) in [6.07, 6.45) is 2.64. The molecule has 0 heterocycles. The van der Waals surface area contributed by atoms with Crippen LogP contribution in [0.4, 0.5) is 5.69 Å². The normalized spacial score (nSPS) is 21.6. The highest BCUT2D eigenvalue weighted by atomic mass is 32.2. The molecule has 1 fully saturated rings. The minimum Gasteiger partial charge on any atom is -0.483 e. The SMILES string of the molecule is CNCC1CC(Oc2ccc(S(C)(=O)=O)cc2[N+](=O)[O-])C1. The molecule has 1 N–H and O–H groups in total. The average molecular weight is 314 g/mol. The molecular weight excluding hydrogens is 296 g/mol. The Morgan fingerprint density at radius 1 is 1.43 bits per heavy atom. The highest BCUT2D eigenvalue weighted by Gasteiger charge is 2.32. The molecule has 0 aromatic heterocycles. The molecule has 8 heteroatoms.